The van der Waals surface area contributed by atoms with Gasteiger partial charge in [0.15, 0.2) is 5.65 Å². The van der Waals surface area contributed by atoms with E-state index in [1.165, 1.54) is 0 Å². The summed E-state index contributed by atoms with van der Waals surface area (Å²) >= 11 is 11.8. The molecule has 0 aromatic carbocycles. The van der Waals surface area contributed by atoms with E-state index in [0.29, 0.717) is 11.2 Å². The molecule has 0 spiro atoms. The highest BCUT2D eigenvalue weighted by Crippen LogP contribution is 2.38. The Morgan fingerprint density at radius 2 is 2.00 bits per heavy atom. The standard InChI is InChI=1S/C9H8Cl2N4/c1-4-6-7(10)12-9(11)13-8(6)15(14-4)5-2-3-5/h5H,2-3H2,1H3. The van der Waals surface area contributed by atoms with E-state index in [0.717, 1.165) is 29.6 Å². The lowest BCUT2D eigenvalue weighted by Gasteiger charge is -1.99. The fourth-order valence-corrected chi connectivity index (χ4v) is 2.22. The third kappa shape index (κ3) is 1.40. The van der Waals surface area contributed by atoms with Crippen LogP contribution in [0.3, 0.4) is 0 Å². The topological polar surface area (TPSA) is 43.6 Å². The number of hydrogen-bond donors (Lipinski definition) is 0. The second kappa shape index (κ2) is 3.06. The molecular formula is C9H8Cl2N4. The molecule has 1 aliphatic carbocycles. The highest BCUT2D eigenvalue weighted by atomic mass is 35.5. The Bertz CT molecular complexity index is 545. The van der Waals surface area contributed by atoms with Gasteiger partial charge in [0.1, 0.15) is 5.15 Å². The van der Waals surface area contributed by atoms with Crippen molar-refractivity contribution in [2.45, 2.75) is 25.8 Å². The molecular weight excluding hydrogens is 235 g/mol. The zero-order chi connectivity index (χ0) is 10.6. The largest absolute Gasteiger partial charge is 0.244 e. The van der Waals surface area contributed by atoms with Crippen molar-refractivity contribution in [3.8, 4) is 0 Å². The van der Waals surface area contributed by atoms with Gasteiger partial charge in [0.05, 0.1) is 17.1 Å². The lowest BCUT2D eigenvalue weighted by Crippen LogP contribution is -1.98. The van der Waals surface area contributed by atoms with Gasteiger partial charge in [0.2, 0.25) is 5.28 Å². The average Bonchev–Trinajstić information content (AvgIpc) is 2.92. The molecule has 0 amide bonds. The van der Waals surface area contributed by atoms with Crippen LogP contribution in [0.15, 0.2) is 0 Å². The first-order valence-electron chi connectivity index (χ1n) is 4.74. The maximum Gasteiger partial charge on any atom is 0.225 e. The third-order valence-electron chi connectivity index (χ3n) is 2.55. The molecule has 0 aliphatic heterocycles. The summed E-state index contributed by atoms with van der Waals surface area (Å²) in [7, 11) is 0. The van der Waals surface area contributed by atoms with Gasteiger partial charge in [-0.25, -0.2) is 9.67 Å². The number of rotatable bonds is 1. The van der Waals surface area contributed by atoms with Crippen molar-refractivity contribution in [3.05, 3.63) is 16.1 Å². The van der Waals surface area contributed by atoms with Crippen LogP contribution in [0.25, 0.3) is 11.0 Å². The van der Waals surface area contributed by atoms with Crippen molar-refractivity contribution in [1.82, 2.24) is 19.7 Å². The predicted octanol–water partition coefficient (Wildman–Crippen LogP) is 2.78. The predicted molar refractivity (Wildman–Crippen MR) is 58.4 cm³/mol. The van der Waals surface area contributed by atoms with Crippen molar-refractivity contribution < 1.29 is 0 Å². The Hall–Kier alpha value is -0.870. The molecule has 2 aromatic heterocycles. The van der Waals surface area contributed by atoms with Crippen molar-refractivity contribution >= 4 is 34.2 Å². The molecule has 2 aromatic rings. The van der Waals surface area contributed by atoms with Gasteiger partial charge in [-0.3, -0.25) is 0 Å². The van der Waals surface area contributed by atoms with Gasteiger partial charge < -0.3 is 0 Å². The Morgan fingerprint density at radius 1 is 1.27 bits per heavy atom. The van der Waals surface area contributed by atoms with Crippen molar-refractivity contribution in [3.63, 3.8) is 0 Å². The molecule has 15 heavy (non-hydrogen) atoms. The van der Waals surface area contributed by atoms with Crippen LogP contribution in [0, 0.1) is 6.92 Å². The minimum absolute atomic E-state index is 0.175. The molecule has 2 heterocycles. The summed E-state index contributed by atoms with van der Waals surface area (Å²) < 4.78 is 1.91. The van der Waals surface area contributed by atoms with Crippen LogP contribution < -0.4 is 0 Å². The Morgan fingerprint density at radius 3 is 2.67 bits per heavy atom. The fraction of sp³-hybridized carbons (Fsp3) is 0.444. The summed E-state index contributed by atoms with van der Waals surface area (Å²) in [4.78, 5) is 8.11. The van der Waals surface area contributed by atoms with Crippen LogP contribution in [-0.2, 0) is 0 Å². The lowest BCUT2D eigenvalue weighted by atomic mass is 10.3. The molecule has 1 fully saturated rings. The van der Waals surface area contributed by atoms with E-state index in [4.69, 9.17) is 23.2 Å². The van der Waals surface area contributed by atoms with Gasteiger partial charge >= 0.3 is 0 Å². The van der Waals surface area contributed by atoms with Gasteiger partial charge in [-0.2, -0.15) is 10.1 Å². The van der Waals surface area contributed by atoms with Gasteiger partial charge in [-0.15, -0.1) is 0 Å². The molecule has 0 atom stereocenters. The van der Waals surface area contributed by atoms with Crippen LogP contribution in [0.4, 0.5) is 0 Å². The number of hydrogen-bond acceptors (Lipinski definition) is 3. The first-order chi connectivity index (χ1) is 7.16. The summed E-state index contributed by atoms with van der Waals surface area (Å²) in [5.41, 5.74) is 1.61. The van der Waals surface area contributed by atoms with E-state index in [2.05, 4.69) is 15.1 Å². The average molecular weight is 243 g/mol. The molecule has 4 nitrogen and oxygen atoms in total. The summed E-state index contributed by atoms with van der Waals surface area (Å²) in [5.74, 6) is 0. The molecule has 1 aliphatic rings. The normalized spacial score (nSPS) is 16.2. The quantitative estimate of drug-likeness (QED) is 0.571. The second-order valence-electron chi connectivity index (χ2n) is 3.74. The molecule has 6 heteroatoms. The zero-order valence-electron chi connectivity index (χ0n) is 8.04. The van der Waals surface area contributed by atoms with Gasteiger partial charge in [0, 0.05) is 0 Å². The van der Waals surface area contributed by atoms with Crippen LogP contribution in [0.2, 0.25) is 10.4 Å². The summed E-state index contributed by atoms with van der Waals surface area (Å²) in [5, 5.41) is 5.80. The minimum atomic E-state index is 0.175. The number of aromatic nitrogens is 4. The van der Waals surface area contributed by atoms with Crippen LogP contribution in [-0.4, -0.2) is 19.7 Å². The molecule has 0 bridgehead atoms. The maximum atomic E-state index is 6.02. The molecule has 0 radical (unpaired) electrons. The fourth-order valence-electron chi connectivity index (χ4n) is 1.71. The number of halogens is 2. The smallest absolute Gasteiger partial charge is 0.225 e. The van der Waals surface area contributed by atoms with E-state index in [9.17, 15) is 0 Å². The summed E-state index contributed by atoms with van der Waals surface area (Å²) in [6, 6.07) is 0.461. The molecule has 1 saturated carbocycles. The molecule has 0 N–H and O–H groups in total. The Labute approximate surface area is 96.2 Å². The van der Waals surface area contributed by atoms with Crippen LogP contribution in [0.1, 0.15) is 24.6 Å². The lowest BCUT2D eigenvalue weighted by molar-refractivity contribution is 0.651. The van der Waals surface area contributed by atoms with Gasteiger partial charge in [-0.05, 0) is 31.4 Å². The highest BCUT2D eigenvalue weighted by Gasteiger charge is 2.28. The molecule has 3 rings (SSSR count). The zero-order valence-corrected chi connectivity index (χ0v) is 9.55. The minimum Gasteiger partial charge on any atom is -0.244 e. The first kappa shape index (κ1) is 9.36. The highest BCUT2D eigenvalue weighted by molar-refractivity contribution is 6.35. The molecule has 0 saturated heterocycles. The third-order valence-corrected chi connectivity index (χ3v) is 2.99. The number of fused-ring (bicyclic) bond motifs is 1. The SMILES string of the molecule is Cc1nn(C2CC2)c2nc(Cl)nc(Cl)c12. The number of nitrogens with zero attached hydrogens (tertiary/aromatic N) is 4. The summed E-state index contributed by atoms with van der Waals surface area (Å²) in [6.45, 7) is 1.91. The van der Waals surface area contributed by atoms with Gasteiger partial charge in [0.25, 0.3) is 0 Å². The van der Waals surface area contributed by atoms with E-state index >= 15 is 0 Å². The monoisotopic (exact) mass is 242 g/mol. The van der Waals surface area contributed by atoms with Crippen LogP contribution in [0.5, 0.6) is 0 Å². The number of aryl methyl sites for hydroxylation is 1. The van der Waals surface area contributed by atoms with Crippen molar-refractivity contribution in [2.75, 3.05) is 0 Å². The molecule has 0 unspecified atom stereocenters. The Kier molecular flexibility index (Phi) is 1.91. The van der Waals surface area contributed by atoms with E-state index in [1.807, 2.05) is 11.6 Å². The van der Waals surface area contributed by atoms with Crippen LogP contribution >= 0.6 is 23.2 Å². The maximum absolute atomic E-state index is 6.02. The van der Waals surface area contributed by atoms with Gasteiger partial charge in [-0.1, -0.05) is 11.6 Å². The van der Waals surface area contributed by atoms with E-state index < -0.39 is 0 Å². The molecule has 78 valence electrons. The first-order valence-corrected chi connectivity index (χ1v) is 5.50. The second-order valence-corrected chi connectivity index (χ2v) is 4.44. The van der Waals surface area contributed by atoms with E-state index in [1.54, 1.807) is 0 Å². The Balaban J connectivity index is 2.38. The summed E-state index contributed by atoms with van der Waals surface area (Å²) in [6.07, 6.45) is 2.30. The van der Waals surface area contributed by atoms with Crippen molar-refractivity contribution in [1.29, 1.82) is 0 Å². The van der Waals surface area contributed by atoms with E-state index in [-0.39, 0.29) is 5.28 Å². The van der Waals surface area contributed by atoms with Crippen molar-refractivity contribution in [2.24, 2.45) is 0 Å².